The first-order chi connectivity index (χ1) is 9.52. The molecular weight excluding hydrogens is 278 g/mol. The number of carboxylic acid groups (broad SMARTS) is 1. The molecule has 0 bridgehead atoms. The summed E-state index contributed by atoms with van der Waals surface area (Å²) in [4.78, 5) is 10.8. The van der Waals surface area contributed by atoms with E-state index in [9.17, 15) is 15.0 Å². The molecule has 7 heteroatoms. The fourth-order valence-corrected chi connectivity index (χ4v) is 2.53. The van der Waals surface area contributed by atoms with Gasteiger partial charge >= 0.3 is 0 Å². The number of phenolic OH excluding ortho intramolecular Hbond substituents is 1. The first-order valence-electron chi connectivity index (χ1n) is 6.13. The van der Waals surface area contributed by atoms with Gasteiger partial charge in [0.2, 0.25) is 0 Å². The zero-order valence-corrected chi connectivity index (χ0v) is 11.9. The van der Waals surface area contributed by atoms with Gasteiger partial charge in [-0.25, -0.2) is 0 Å². The number of phenols is 1. The second kappa shape index (κ2) is 5.96. The van der Waals surface area contributed by atoms with E-state index in [1.54, 1.807) is 31.2 Å². The number of nitrogens with zero attached hydrogens (tertiary/aromatic N) is 3. The van der Waals surface area contributed by atoms with Gasteiger partial charge in [0.05, 0.1) is 5.97 Å². The number of hydrogen-bond donors (Lipinski definition) is 1. The molecule has 0 aliphatic carbocycles. The van der Waals surface area contributed by atoms with E-state index in [-0.39, 0.29) is 5.75 Å². The molecule has 2 aromatic rings. The van der Waals surface area contributed by atoms with E-state index in [0.29, 0.717) is 17.5 Å². The normalized spacial score (nSPS) is 12.3. The second-order valence-corrected chi connectivity index (χ2v) is 5.48. The summed E-state index contributed by atoms with van der Waals surface area (Å²) in [7, 11) is 0. The van der Waals surface area contributed by atoms with E-state index >= 15 is 0 Å². The van der Waals surface area contributed by atoms with Gasteiger partial charge in [-0.3, -0.25) is 0 Å². The topological polar surface area (TPSA) is 91.1 Å². The smallest absolute Gasteiger partial charge is 0.192 e. The number of aliphatic carboxylic acids is 1. The van der Waals surface area contributed by atoms with Crippen molar-refractivity contribution in [3.63, 3.8) is 0 Å². The standard InChI is InChI=1S/C13H15N3O3S/c1-3-16-11(9-4-6-10(17)7-5-9)14-15-13(16)20-8(2)12(18)19/h4-8,17H,3H2,1-2H3,(H,18,19)/p-1/t8-/m1/s1. The van der Waals surface area contributed by atoms with Crippen LogP contribution >= 0.6 is 11.8 Å². The molecule has 1 N–H and O–H groups in total. The summed E-state index contributed by atoms with van der Waals surface area (Å²) in [5, 5.41) is 28.1. The fourth-order valence-electron chi connectivity index (χ4n) is 1.69. The number of carboxylic acids is 1. The molecule has 0 fully saturated rings. The van der Waals surface area contributed by atoms with Gasteiger partial charge in [0.25, 0.3) is 0 Å². The summed E-state index contributed by atoms with van der Waals surface area (Å²) in [6.45, 7) is 4.10. The van der Waals surface area contributed by atoms with Crippen LogP contribution in [0.15, 0.2) is 29.4 Å². The minimum atomic E-state index is -1.13. The first-order valence-corrected chi connectivity index (χ1v) is 7.01. The Balaban J connectivity index is 2.34. The third-order valence-corrected chi connectivity index (χ3v) is 3.83. The molecule has 1 atom stereocenters. The minimum absolute atomic E-state index is 0.177. The van der Waals surface area contributed by atoms with Gasteiger partial charge in [-0.15, -0.1) is 10.2 Å². The molecule has 1 aromatic carbocycles. The molecule has 0 unspecified atom stereocenters. The van der Waals surface area contributed by atoms with Gasteiger partial charge in [-0.2, -0.15) is 0 Å². The largest absolute Gasteiger partial charge is 0.549 e. The average Bonchev–Trinajstić information content (AvgIpc) is 2.82. The Morgan fingerprint density at radius 2 is 2.05 bits per heavy atom. The van der Waals surface area contributed by atoms with Crippen LogP contribution in [-0.4, -0.2) is 31.1 Å². The van der Waals surface area contributed by atoms with Gasteiger partial charge in [0.1, 0.15) is 5.75 Å². The summed E-state index contributed by atoms with van der Waals surface area (Å²) in [6, 6.07) is 6.62. The molecule has 106 valence electrons. The van der Waals surface area contributed by atoms with Crippen molar-refractivity contribution in [2.45, 2.75) is 30.8 Å². The summed E-state index contributed by atoms with van der Waals surface area (Å²) in [5.41, 5.74) is 0.810. The van der Waals surface area contributed by atoms with Crippen molar-refractivity contribution < 1.29 is 15.0 Å². The predicted molar refractivity (Wildman–Crippen MR) is 73.1 cm³/mol. The lowest BCUT2D eigenvalue weighted by Crippen LogP contribution is -2.31. The molecule has 0 spiro atoms. The Labute approximate surface area is 120 Å². The third-order valence-electron chi connectivity index (χ3n) is 2.77. The Morgan fingerprint density at radius 3 is 2.60 bits per heavy atom. The molecule has 0 aliphatic rings. The lowest BCUT2D eigenvalue weighted by Gasteiger charge is -2.12. The number of rotatable bonds is 5. The summed E-state index contributed by atoms with van der Waals surface area (Å²) < 4.78 is 1.83. The van der Waals surface area contributed by atoms with Crippen molar-refractivity contribution >= 4 is 17.7 Å². The number of aromatic nitrogens is 3. The summed E-state index contributed by atoms with van der Waals surface area (Å²) in [6.07, 6.45) is 0. The molecule has 0 radical (unpaired) electrons. The monoisotopic (exact) mass is 292 g/mol. The van der Waals surface area contributed by atoms with Crippen LogP contribution in [-0.2, 0) is 11.3 Å². The van der Waals surface area contributed by atoms with E-state index in [1.807, 2.05) is 11.5 Å². The van der Waals surface area contributed by atoms with E-state index < -0.39 is 11.2 Å². The van der Waals surface area contributed by atoms with Gasteiger partial charge < -0.3 is 19.6 Å². The lowest BCUT2D eigenvalue weighted by atomic mass is 10.2. The van der Waals surface area contributed by atoms with Crippen LogP contribution in [0, 0.1) is 0 Å². The quantitative estimate of drug-likeness (QED) is 0.823. The maximum Gasteiger partial charge on any atom is 0.192 e. The van der Waals surface area contributed by atoms with Crippen molar-refractivity contribution in [1.82, 2.24) is 14.8 Å². The summed E-state index contributed by atoms with van der Waals surface area (Å²) >= 11 is 1.10. The fraction of sp³-hybridized carbons (Fsp3) is 0.308. The first kappa shape index (κ1) is 14.4. The Hall–Kier alpha value is -2.02. The van der Waals surface area contributed by atoms with Crippen LogP contribution in [0.3, 0.4) is 0 Å². The van der Waals surface area contributed by atoms with E-state index in [2.05, 4.69) is 10.2 Å². The molecule has 0 aliphatic heterocycles. The zero-order chi connectivity index (χ0) is 14.7. The van der Waals surface area contributed by atoms with Crippen molar-refractivity contribution in [2.75, 3.05) is 0 Å². The Kier molecular flexibility index (Phi) is 4.29. The number of carbonyl (C=O) groups is 1. The van der Waals surface area contributed by atoms with Gasteiger partial charge in [-0.05, 0) is 38.1 Å². The maximum absolute atomic E-state index is 10.8. The van der Waals surface area contributed by atoms with Gasteiger partial charge in [0.15, 0.2) is 11.0 Å². The van der Waals surface area contributed by atoms with E-state index in [1.165, 1.54) is 0 Å². The number of benzene rings is 1. The lowest BCUT2D eigenvalue weighted by molar-refractivity contribution is -0.304. The molecular formula is C13H14N3O3S-. The van der Waals surface area contributed by atoms with Crippen LogP contribution in [0.5, 0.6) is 5.75 Å². The number of thioether (sulfide) groups is 1. The van der Waals surface area contributed by atoms with Gasteiger partial charge in [0, 0.05) is 17.4 Å². The molecule has 0 amide bonds. The van der Waals surface area contributed by atoms with Crippen LogP contribution < -0.4 is 5.11 Å². The van der Waals surface area contributed by atoms with Crippen molar-refractivity contribution in [3.8, 4) is 17.1 Å². The summed E-state index contributed by atoms with van der Waals surface area (Å²) in [5.74, 6) is -0.316. The highest BCUT2D eigenvalue weighted by Crippen LogP contribution is 2.27. The highest BCUT2D eigenvalue weighted by molar-refractivity contribution is 8.00. The SMILES string of the molecule is CCn1c(S[C@H](C)C(=O)[O-])nnc1-c1ccc(O)cc1. The Morgan fingerprint density at radius 1 is 1.40 bits per heavy atom. The van der Waals surface area contributed by atoms with E-state index in [4.69, 9.17) is 0 Å². The van der Waals surface area contributed by atoms with Crippen LogP contribution in [0.25, 0.3) is 11.4 Å². The molecule has 20 heavy (non-hydrogen) atoms. The number of hydrogen-bond acceptors (Lipinski definition) is 6. The highest BCUT2D eigenvalue weighted by Gasteiger charge is 2.16. The van der Waals surface area contributed by atoms with Crippen LogP contribution in [0.2, 0.25) is 0 Å². The number of carbonyl (C=O) groups excluding carboxylic acids is 1. The molecule has 6 nitrogen and oxygen atoms in total. The van der Waals surface area contributed by atoms with Crippen molar-refractivity contribution in [2.24, 2.45) is 0 Å². The van der Waals surface area contributed by atoms with Gasteiger partial charge in [-0.1, -0.05) is 11.8 Å². The van der Waals surface area contributed by atoms with Crippen molar-refractivity contribution in [3.05, 3.63) is 24.3 Å². The molecule has 1 aromatic heterocycles. The van der Waals surface area contributed by atoms with Crippen LogP contribution in [0.4, 0.5) is 0 Å². The average molecular weight is 292 g/mol. The molecule has 0 saturated heterocycles. The van der Waals surface area contributed by atoms with Crippen LogP contribution in [0.1, 0.15) is 13.8 Å². The number of aromatic hydroxyl groups is 1. The van der Waals surface area contributed by atoms with E-state index in [0.717, 1.165) is 17.3 Å². The third kappa shape index (κ3) is 2.93. The minimum Gasteiger partial charge on any atom is -0.549 e. The predicted octanol–water partition coefficient (Wildman–Crippen LogP) is 0.901. The Bertz CT molecular complexity index is 610. The molecule has 2 rings (SSSR count). The molecule has 1 heterocycles. The van der Waals surface area contributed by atoms with Crippen molar-refractivity contribution in [1.29, 1.82) is 0 Å². The second-order valence-electron chi connectivity index (χ2n) is 4.18. The zero-order valence-electron chi connectivity index (χ0n) is 11.1. The molecule has 0 saturated carbocycles. The highest BCUT2D eigenvalue weighted by atomic mass is 32.2. The maximum atomic E-state index is 10.8.